The molecule has 0 radical (unpaired) electrons. The monoisotopic (exact) mass is 410 g/mol. The van der Waals surface area contributed by atoms with Gasteiger partial charge in [0.15, 0.2) is 0 Å². The van der Waals surface area contributed by atoms with Crippen molar-refractivity contribution in [1.82, 2.24) is 0 Å². The first-order valence-electron chi connectivity index (χ1n) is 11.7. The van der Waals surface area contributed by atoms with Crippen molar-refractivity contribution in [2.24, 2.45) is 34.0 Å². The van der Waals surface area contributed by atoms with Crippen LogP contribution in [0.3, 0.4) is 0 Å². The summed E-state index contributed by atoms with van der Waals surface area (Å²) < 4.78 is 6.20. The van der Waals surface area contributed by atoms with E-state index in [9.17, 15) is 14.7 Å². The van der Waals surface area contributed by atoms with Crippen LogP contribution in [0.15, 0.2) is 30.3 Å². The molecule has 5 rings (SSSR count). The second-order valence-corrected chi connectivity index (χ2v) is 11.0. The lowest BCUT2D eigenvalue weighted by Crippen LogP contribution is -2.63. The number of carbonyl (C=O) groups excluding carboxylic acids is 2. The molecule has 7 atom stereocenters. The molecule has 4 saturated carbocycles. The van der Waals surface area contributed by atoms with Crippen molar-refractivity contribution in [3.8, 4) is 0 Å². The number of rotatable bonds is 3. The SMILES string of the molecule is CC12CCC3(C1)C(CC2=O)CC(OC(=O)c1ccccc1)C1C(CO)CCCC13C. The van der Waals surface area contributed by atoms with Gasteiger partial charge in [0.05, 0.1) is 5.56 Å². The lowest BCUT2D eigenvalue weighted by atomic mass is 9.39. The number of hydrogen-bond donors (Lipinski definition) is 1. The Morgan fingerprint density at radius 2 is 1.93 bits per heavy atom. The van der Waals surface area contributed by atoms with Gasteiger partial charge >= 0.3 is 5.97 Å². The van der Waals surface area contributed by atoms with Crippen LogP contribution in [0.5, 0.6) is 0 Å². The van der Waals surface area contributed by atoms with E-state index in [2.05, 4.69) is 13.8 Å². The zero-order valence-electron chi connectivity index (χ0n) is 18.2. The number of esters is 1. The van der Waals surface area contributed by atoms with Crippen molar-refractivity contribution in [3.63, 3.8) is 0 Å². The summed E-state index contributed by atoms with van der Waals surface area (Å²) in [5.74, 6) is 0.741. The highest BCUT2D eigenvalue weighted by Crippen LogP contribution is 2.74. The fourth-order valence-electron chi connectivity index (χ4n) is 8.31. The Balaban J connectivity index is 1.53. The van der Waals surface area contributed by atoms with Gasteiger partial charge in [-0.1, -0.05) is 38.5 Å². The number of aliphatic hydroxyl groups excluding tert-OH is 1. The number of ether oxygens (including phenoxy) is 1. The van der Waals surface area contributed by atoms with E-state index in [1.807, 2.05) is 18.2 Å². The summed E-state index contributed by atoms with van der Waals surface area (Å²) in [5, 5.41) is 10.3. The number of Topliss-reactive ketones (excluding diaryl/α,β-unsaturated/α-hetero) is 1. The normalized spacial score (nSPS) is 44.8. The largest absolute Gasteiger partial charge is 0.458 e. The van der Waals surface area contributed by atoms with Gasteiger partial charge in [0.25, 0.3) is 0 Å². The van der Waals surface area contributed by atoms with Crippen molar-refractivity contribution >= 4 is 11.8 Å². The van der Waals surface area contributed by atoms with Crippen LogP contribution in [0.2, 0.25) is 0 Å². The molecular formula is C26H34O4. The van der Waals surface area contributed by atoms with Crippen LogP contribution in [-0.4, -0.2) is 29.6 Å². The topological polar surface area (TPSA) is 63.6 Å². The zero-order chi connectivity index (χ0) is 21.1. The van der Waals surface area contributed by atoms with Gasteiger partial charge in [-0.25, -0.2) is 4.79 Å². The number of aliphatic hydroxyl groups is 1. The minimum atomic E-state index is -0.278. The van der Waals surface area contributed by atoms with E-state index >= 15 is 0 Å². The molecule has 4 nitrogen and oxygen atoms in total. The van der Waals surface area contributed by atoms with Crippen LogP contribution in [0, 0.1) is 34.0 Å². The first-order chi connectivity index (χ1) is 14.3. The quantitative estimate of drug-likeness (QED) is 0.727. The van der Waals surface area contributed by atoms with E-state index in [-0.39, 0.29) is 52.7 Å². The van der Waals surface area contributed by atoms with E-state index in [4.69, 9.17) is 4.74 Å². The van der Waals surface area contributed by atoms with Crippen LogP contribution < -0.4 is 0 Å². The Labute approximate surface area is 179 Å². The van der Waals surface area contributed by atoms with Crippen molar-refractivity contribution < 1.29 is 19.4 Å². The zero-order valence-corrected chi connectivity index (χ0v) is 18.2. The first kappa shape index (κ1) is 20.2. The highest BCUT2D eigenvalue weighted by atomic mass is 16.5. The van der Waals surface area contributed by atoms with Gasteiger partial charge in [-0.15, -0.1) is 0 Å². The predicted octanol–water partition coefficient (Wildman–Crippen LogP) is 4.80. The molecule has 0 heterocycles. The number of benzene rings is 1. The Hall–Kier alpha value is -1.68. The summed E-state index contributed by atoms with van der Waals surface area (Å²) in [6, 6.07) is 9.19. The Morgan fingerprint density at radius 3 is 2.67 bits per heavy atom. The molecular weight excluding hydrogens is 376 g/mol. The third kappa shape index (κ3) is 2.68. The standard InChI is InChI=1S/C26H34O4/c1-24-11-12-26(16-24)19(14-21(24)28)13-20(30-23(29)17-7-4-3-5-8-17)22-18(15-27)9-6-10-25(22,26)2/h3-5,7-8,18-20,22,27H,6,9-16H2,1-2H3. The van der Waals surface area contributed by atoms with Crippen LogP contribution in [0.1, 0.15) is 75.6 Å². The molecule has 7 unspecified atom stereocenters. The molecule has 4 fully saturated rings. The summed E-state index contributed by atoms with van der Waals surface area (Å²) >= 11 is 0. The molecule has 162 valence electrons. The van der Waals surface area contributed by atoms with Gasteiger partial charge in [0.2, 0.25) is 0 Å². The molecule has 0 aliphatic heterocycles. The highest BCUT2D eigenvalue weighted by Gasteiger charge is 2.70. The molecule has 30 heavy (non-hydrogen) atoms. The van der Waals surface area contributed by atoms with Gasteiger partial charge in [0, 0.05) is 24.4 Å². The fourth-order valence-corrected chi connectivity index (χ4v) is 8.31. The summed E-state index contributed by atoms with van der Waals surface area (Å²) in [6.07, 6.45) is 7.44. The lowest BCUT2D eigenvalue weighted by Gasteiger charge is -2.65. The van der Waals surface area contributed by atoms with Crippen molar-refractivity contribution in [3.05, 3.63) is 35.9 Å². The molecule has 2 bridgehead atoms. The Bertz CT molecular complexity index is 850. The summed E-state index contributed by atoms with van der Waals surface area (Å²) in [4.78, 5) is 26.0. The lowest BCUT2D eigenvalue weighted by molar-refractivity contribution is -0.202. The smallest absolute Gasteiger partial charge is 0.338 e. The predicted molar refractivity (Wildman–Crippen MR) is 114 cm³/mol. The molecule has 0 saturated heterocycles. The van der Waals surface area contributed by atoms with Crippen LogP contribution >= 0.6 is 0 Å². The number of fused-ring (bicyclic) bond motifs is 2. The van der Waals surface area contributed by atoms with Crippen LogP contribution in [0.4, 0.5) is 0 Å². The van der Waals surface area contributed by atoms with Gasteiger partial charge in [-0.3, -0.25) is 4.79 Å². The molecule has 1 spiro atoms. The van der Waals surface area contributed by atoms with Gasteiger partial charge in [-0.05, 0) is 73.3 Å². The number of carbonyl (C=O) groups is 2. The molecule has 1 N–H and O–H groups in total. The van der Waals surface area contributed by atoms with Crippen LogP contribution in [0.25, 0.3) is 0 Å². The van der Waals surface area contributed by atoms with E-state index in [0.29, 0.717) is 17.8 Å². The third-order valence-electron chi connectivity index (χ3n) is 9.79. The van der Waals surface area contributed by atoms with E-state index in [0.717, 1.165) is 44.9 Å². The molecule has 4 aliphatic rings. The minimum Gasteiger partial charge on any atom is -0.458 e. The maximum atomic E-state index is 13.0. The Kier molecular flexibility index (Phi) is 4.66. The van der Waals surface area contributed by atoms with Gasteiger partial charge in [0.1, 0.15) is 11.9 Å². The summed E-state index contributed by atoms with van der Waals surface area (Å²) in [6.45, 7) is 4.72. The maximum absolute atomic E-state index is 13.0. The fraction of sp³-hybridized carbons (Fsp3) is 0.692. The molecule has 4 aliphatic carbocycles. The van der Waals surface area contributed by atoms with E-state index in [1.54, 1.807) is 12.1 Å². The van der Waals surface area contributed by atoms with Crippen molar-refractivity contribution in [2.75, 3.05) is 6.61 Å². The molecule has 1 aromatic carbocycles. The average molecular weight is 411 g/mol. The Morgan fingerprint density at radius 1 is 1.17 bits per heavy atom. The minimum absolute atomic E-state index is 0.00164. The highest BCUT2D eigenvalue weighted by molar-refractivity contribution is 5.89. The summed E-state index contributed by atoms with van der Waals surface area (Å²) in [7, 11) is 0. The third-order valence-corrected chi connectivity index (χ3v) is 9.79. The molecule has 0 aromatic heterocycles. The van der Waals surface area contributed by atoms with E-state index < -0.39 is 0 Å². The molecule has 1 aromatic rings. The van der Waals surface area contributed by atoms with E-state index in [1.165, 1.54) is 0 Å². The second kappa shape index (κ2) is 6.91. The first-order valence-corrected chi connectivity index (χ1v) is 11.7. The van der Waals surface area contributed by atoms with Gasteiger partial charge < -0.3 is 9.84 Å². The maximum Gasteiger partial charge on any atom is 0.338 e. The second-order valence-electron chi connectivity index (χ2n) is 11.0. The van der Waals surface area contributed by atoms with Gasteiger partial charge in [-0.2, -0.15) is 0 Å². The van der Waals surface area contributed by atoms with Crippen molar-refractivity contribution in [2.45, 2.75) is 71.3 Å². The molecule has 4 heteroatoms. The average Bonchev–Trinajstić information content (AvgIpc) is 3.08. The number of ketones is 1. The summed E-state index contributed by atoms with van der Waals surface area (Å²) in [5.41, 5.74) is 0.541. The number of hydrogen-bond acceptors (Lipinski definition) is 4. The molecule has 0 amide bonds. The van der Waals surface area contributed by atoms with Crippen LogP contribution in [-0.2, 0) is 9.53 Å². The van der Waals surface area contributed by atoms with Crippen molar-refractivity contribution in [1.29, 1.82) is 0 Å².